The normalized spacial score (nSPS) is 10.7. The standard InChI is InChI=1S/C31H23N2.C11H8N.Ir/c1-21-8-15-27-28-16-14-25(19-31(28)33(30(27)18-21)26-6-4-3-5-7-26)23-10-12-24(13-11-23)29-17-9-22(2)20-32-29;1-2-6-10(7-3-1)11-8-4-5-9-12-11;/h3-12,14-20H,1-2H3;1-6,8-9H;/q2*-1;. The molecule has 3 heterocycles. The summed E-state index contributed by atoms with van der Waals surface area (Å²) in [4.78, 5) is 8.75. The third-order valence-electron chi connectivity index (χ3n) is 7.92. The fourth-order valence-electron chi connectivity index (χ4n) is 5.63. The molecule has 0 unspecified atom stereocenters. The van der Waals surface area contributed by atoms with Crippen LogP contribution < -0.4 is 0 Å². The number of hydrogen-bond donors (Lipinski definition) is 0. The number of benzene rings is 5. The van der Waals surface area contributed by atoms with Gasteiger partial charge in [0.05, 0.1) is 11.0 Å². The second kappa shape index (κ2) is 13.9. The van der Waals surface area contributed by atoms with Gasteiger partial charge in [-0.25, -0.2) is 0 Å². The van der Waals surface area contributed by atoms with Gasteiger partial charge in [-0.2, -0.15) is 0 Å². The predicted octanol–water partition coefficient (Wildman–Crippen LogP) is 10.5. The first kappa shape index (κ1) is 30.9. The average molecular weight is 770 g/mol. The fourth-order valence-corrected chi connectivity index (χ4v) is 5.63. The maximum atomic E-state index is 4.53. The molecule has 0 saturated carbocycles. The summed E-state index contributed by atoms with van der Waals surface area (Å²) in [5.74, 6) is 0. The van der Waals surface area contributed by atoms with Crippen LogP contribution in [-0.4, -0.2) is 14.5 Å². The molecule has 4 heteroatoms. The van der Waals surface area contributed by atoms with Gasteiger partial charge in [-0.1, -0.05) is 77.9 Å². The second-order valence-corrected chi connectivity index (χ2v) is 11.1. The molecule has 3 aromatic heterocycles. The van der Waals surface area contributed by atoms with Crippen LogP contribution in [0.4, 0.5) is 0 Å². The minimum absolute atomic E-state index is 0. The molecule has 225 valence electrons. The van der Waals surface area contributed by atoms with Crippen LogP contribution in [0.2, 0.25) is 0 Å². The van der Waals surface area contributed by atoms with Gasteiger partial charge in [0.2, 0.25) is 0 Å². The Bertz CT molecular complexity index is 2150. The van der Waals surface area contributed by atoms with E-state index in [-0.39, 0.29) is 20.1 Å². The van der Waals surface area contributed by atoms with Crippen LogP contribution in [0, 0.1) is 26.0 Å². The Kier molecular flexibility index (Phi) is 9.30. The van der Waals surface area contributed by atoms with Crippen LogP contribution in [-0.2, 0) is 20.1 Å². The molecule has 0 amide bonds. The smallest absolute Gasteiger partial charge is 0.0543 e. The van der Waals surface area contributed by atoms with Crippen molar-refractivity contribution in [3.63, 3.8) is 0 Å². The average Bonchev–Trinajstić information content (AvgIpc) is 3.43. The fraction of sp³-hybridized carbons (Fsp3) is 0.0476. The molecule has 8 aromatic rings. The Labute approximate surface area is 283 Å². The zero-order valence-corrected chi connectivity index (χ0v) is 28.0. The summed E-state index contributed by atoms with van der Waals surface area (Å²) in [5.41, 5.74) is 12.3. The summed E-state index contributed by atoms with van der Waals surface area (Å²) in [6.45, 7) is 4.20. The van der Waals surface area contributed by atoms with Crippen LogP contribution >= 0.6 is 0 Å². The van der Waals surface area contributed by atoms with Gasteiger partial charge in [-0.3, -0.25) is 0 Å². The van der Waals surface area contributed by atoms with Crippen molar-refractivity contribution >= 4 is 21.8 Å². The summed E-state index contributed by atoms with van der Waals surface area (Å²) in [7, 11) is 0. The molecule has 0 N–H and O–H groups in total. The molecule has 5 aromatic carbocycles. The van der Waals surface area contributed by atoms with Gasteiger partial charge in [-0.05, 0) is 66.7 Å². The summed E-state index contributed by atoms with van der Waals surface area (Å²) in [6, 6.07) is 54.8. The number of aromatic nitrogens is 3. The van der Waals surface area contributed by atoms with Gasteiger partial charge >= 0.3 is 0 Å². The minimum Gasteiger partial charge on any atom is -0.309 e. The van der Waals surface area contributed by atoms with Crippen molar-refractivity contribution in [2.24, 2.45) is 0 Å². The first-order chi connectivity index (χ1) is 22.1. The maximum Gasteiger partial charge on any atom is 0.0543 e. The van der Waals surface area contributed by atoms with E-state index in [1.807, 2.05) is 54.7 Å². The van der Waals surface area contributed by atoms with E-state index in [4.69, 9.17) is 0 Å². The van der Waals surface area contributed by atoms with Crippen molar-refractivity contribution in [1.29, 1.82) is 0 Å². The van der Waals surface area contributed by atoms with Crippen molar-refractivity contribution in [3.05, 3.63) is 175 Å². The summed E-state index contributed by atoms with van der Waals surface area (Å²) in [5, 5.41) is 2.54. The van der Waals surface area contributed by atoms with Crippen molar-refractivity contribution in [1.82, 2.24) is 14.5 Å². The zero-order chi connectivity index (χ0) is 30.6. The van der Waals surface area contributed by atoms with Gasteiger partial charge in [0.1, 0.15) is 0 Å². The Morgan fingerprint density at radius 3 is 1.93 bits per heavy atom. The van der Waals surface area contributed by atoms with Gasteiger partial charge in [0.15, 0.2) is 0 Å². The van der Waals surface area contributed by atoms with Crippen LogP contribution in [0.3, 0.4) is 0 Å². The predicted molar refractivity (Wildman–Crippen MR) is 186 cm³/mol. The maximum absolute atomic E-state index is 4.53. The van der Waals surface area contributed by atoms with Gasteiger partial charge in [-0.15, -0.1) is 65.7 Å². The van der Waals surface area contributed by atoms with Crippen LogP contribution in [0.25, 0.3) is 61.1 Å². The van der Waals surface area contributed by atoms with E-state index in [1.165, 1.54) is 38.6 Å². The summed E-state index contributed by atoms with van der Waals surface area (Å²) in [6.07, 6.45) is 3.69. The molecule has 1 radical (unpaired) electrons. The molecule has 0 aliphatic rings. The van der Waals surface area contributed by atoms with E-state index in [2.05, 4.69) is 132 Å². The first-order valence-corrected chi connectivity index (χ1v) is 15.1. The molecule has 46 heavy (non-hydrogen) atoms. The third-order valence-corrected chi connectivity index (χ3v) is 7.92. The van der Waals surface area contributed by atoms with E-state index in [0.29, 0.717) is 0 Å². The monoisotopic (exact) mass is 770 g/mol. The number of hydrogen-bond acceptors (Lipinski definition) is 2. The molecule has 0 aliphatic heterocycles. The molecule has 0 saturated heterocycles. The van der Waals surface area contributed by atoms with Crippen molar-refractivity contribution in [3.8, 4) is 39.3 Å². The molecule has 0 spiro atoms. The molecule has 0 atom stereocenters. The van der Waals surface area contributed by atoms with Gasteiger partial charge in [0.25, 0.3) is 0 Å². The van der Waals surface area contributed by atoms with E-state index >= 15 is 0 Å². The number of aryl methyl sites for hydroxylation is 2. The van der Waals surface area contributed by atoms with E-state index in [1.54, 1.807) is 6.20 Å². The van der Waals surface area contributed by atoms with Gasteiger partial charge < -0.3 is 14.5 Å². The Morgan fingerprint density at radius 1 is 0.543 bits per heavy atom. The number of rotatable bonds is 4. The molecule has 0 fully saturated rings. The van der Waals surface area contributed by atoms with Crippen molar-refractivity contribution in [2.75, 3.05) is 0 Å². The molecule has 0 aliphatic carbocycles. The number of nitrogens with zero attached hydrogens (tertiary/aromatic N) is 3. The van der Waals surface area contributed by atoms with E-state index in [0.717, 1.165) is 33.6 Å². The Hall–Kier alpha value is -5.15. The Morgan fingerprint density at radius 2 is 1.24 bits per heavy atom. The number of fused-ring (bicyclic) bond motifs is 3. The first-order valence-electron chi connectivity index (χ1n) is 15.1. The van der Waals surface area contributed by atoms with Crippen LogP contribution in [0.5, 0.6) is 0 Å². The molecule has 3 nitrogen and oxygen atoms in total. The van der Waals surface area contributed by atoms with Crippen molar-refractivity contribution in [2.45, 2.75) is 13.8 Å². The minimum atomic E-state index is 0. The largest absolute Gasteiger partial charge is 0.309 e. The summed E-state index contributed by atoms with van der Waals surface area (Å²) >= 11 is 0. The molecule has 0 bridgehead atoms. The topological polar surface area (TPSA) is 30.7 Å². The zero-order valence-electron chi connectivity index (χ0n) is 25.6. The number of para-hydroxylation sites is 1. The van der Waals surface area contributed by atoms with Crippen LogP contribution in [0.1, 0.15) is 11.1 Å². The van der Waals surface area contributed by atoms with Gasteiger partial charge in [0, 0.05) is 49.0 Å². The van der Waals surface area contributed by atoms with E-state index < -0.39 is 0 Å². The molecular formula is C42H31IrN3-2. The Balaban J connectivity index is 0.000000241. The SMILES string of the molecule is Cc1ccc(-c2[c-]cc(-c3ccc4c5ccc(C)cc5n(-c5ccccc5)c4c3)cc2)nc1.[Ir].[c-]1ccccc1-c1ccccn1. The van der Waals surface area contributed by atoms with Crippen molar-refractivity contribution < 1.29 is 20.1 Å². The quantitative estimate of drug-likeness (QED) is 0.167. The molecular weight excluding hydrogens is 739 g/mol. The van der Waals surface area contributed by atoms with E-state index in [9.17, 15) is 0 Å². The number of pyridine rings is 2. The van der Waals surface area contributed by atoms with Crippen LogP contribution in [0.15, 0.2) is 152 Å². The second-order valence-electron chi connectivity index (χ2n) is 11.1. The molecule has 8 rings (SSSR count). The summed E-state index contributed by atoms with van der Waals surface area (Å²) < 4.78 is 2.37. The third kappa shape index (κ3) is 6.46.